The van der Waals surface area contributed by atoms with Crippen molar-refractivity contribution in [3.05, 3.63) is 10.2 Å². The molecule has 0 aliphatic carbocycles. The quantitative estimate of drug-likeness (QED) is 0.230. The summed E-state index contributed by atoms with van der Waals surface area (Å²) < 4.78 is 0.309. The average Bonchev–Trinajstić information content (AvgIpc) is 3.07. The van der Waals surface area contributed by atoms with Gasteiger partial charge in [0.15, 0.2) is 0 Å². The number of carbonyl (C=O) groups excluding carboxylic acids is 3. The smallest absolute Gasteiger partial charge is 0.269 e. The first kappa shape index (κ1) is 26.6. The van der Waals surface area contributed by atoms with E-state index in [1.807, 2.05) is 33.8 Å². The normalized spacial score (nSPS) is 18.7. The van der Waals surface area contributed by atoms with Crippen molar-refractivity contribution in [2.24, 2.45) is 11.3 Å². The molecule has 0 aromatic carbocycles. The van der Waals surface area contributed by atoms with Crippen LogP contribution in [0.5, 0.6) is 0 Å². The molecule has 0 spiro atoms. The zero-order valence-corrected chi connectivity index (χ0v) is 20.4. The summed E-state index contributed by atoms with van der Waals surface area (Å²) in [5.41, 5.74) is 0.0583. The van der Waals surface area contributed by atoms with E-state index in [0.29, 0.717) is 30.4 Å². The summed E-state index contributed by atoms with van der Waals surface area (Å²) in [4.78, 5) is 37.7. The summed E-state index contributed by atoms with van der Waals surface area (Å²) in [5.74, 6) is -1.42. The van der Waals surface area contributed by atoms with E-state index in [0.717, 1.165) is 0 Å². The summed E-state index contributed by atoms with van der Waals surface area (Å²) in [6.45, 7) is 10.2. The van der Waals surface area contributed by atoms with Crippen LogP contribution in [0.4, 0.5) is 0 Å². The standard InChI is InChI=1S/C21H33BrN6O3/c1-6-25-17(16(22)12(2)24)20(31)28-15(10-21(3,4)5)19(30)27-14(11-23)9-13-7-8-26-18(13)29/h13-15,24-25H,6-10H2,1-5H3,(H,26,29)(H,27,30)(H,28,31)/b17-16+,24-12?/t13-,14-,15-/m0/s1. The molecule has 10 heteroatoms. The predicted molar refractivity (Wildman–Crippen MR) is 122 cm³/mol. The molecule has 5 N–H and O–H groups in total. The van der Waals surface area contributed by atoms with Gasteiger partial charge in [0.1, 0.15) is 17.8 Å². The highest BCUT2D eigenvalue weighted by molar-refractivity contribution is 9.12. The van der Waals surface area contributed by atoms with Gasteiger partial charge >= 0.3 is 0 Å². The molecule has 0 unspecified atom stereocenters. The van der Waals surface area contributed by atoms with Crippen molar-refractivity contribution in [3.8, 4) is 6.07 Å². The van der Waals surface area contributed by atoms with Gasteiger partial charge in [0.05, 0.1) is 10.6 Å². The number of carbonyl (C=O) groups is 3. The fourth-order valence-corrected chi connectivity index (χ4v) is 3.56. The van der Waals surface area contributed by atoms with Crippen LogP contribution in [0, 0.1) is 28.1 Å². The fourth-order valence-electron chi connectivity index (χ4n) is 3.24. The van der Waals surface area contributed by atoms with Crippen LogP contribution < -0.4 is 21.3 Å². The van der Waals surface area contributed by atoms with Gasteiger partial charge in [0.25, 0.3) is 5.91 Å². The molecule has 1 aliphatic heterocycles. The van der Waals surface area contributed by atoms with Crippen LogP contribution in [0.25, 0.3) is 0 Å². The Labute approximate surface area is 192 Å². The van der Waals surface area contributed by atoms with E-state index >= 15 is 0 Å². The number of nitrogens with one attached hydrogen (secondary N) is 5. The number of allylic oxidation sites excluding steroid dienone is 1. The summed E-state index contributed by atoms with van der Waals surface area (Å²) in [7, 11) is 0. The van der Waals surface area contributed by atoms with Gasteiger partial charge in [-0.05, 0) is 54.5 Å². The number of nitriles is 1. The number of amides is 3. The topological polar surface area (TPSA) is 147 Å². The molecule has 0 bridgehead atoms. The van der Waals surface area contributed by atoms with Crippen molar-refractivity contribution in [3.63, 3.8) is 0 Å². The summed E-state index contributed by atoms with van der Waals surface area (Å²) >= 11 is 3.25. The van der Waals surface area contributed by atoms with Crippen molar-refractivity contribution in [2.45, 2.75) is 66.0 Å². The summed E-state index contributed by atoms with van der Waals surface area (Å²) in [6, 6.07) is 0.324. The number of rotatable bonds is 10. The maximum absolute atomic E-state index is 13.0. The first-order valence-corrected chi connectivity index (χ1v) is 11.2. The number of nitrogens with zero attached hydrogens (tertiary/aromatic N) is 1. The van der Waals surface area contributed by atoms with Crippen molar-refractivity contribution in [1.82, 2.24) is 21.3 Å². The van der Waals surface area contributed by atoms with Crippen LogP contribution in [0.3, 0.4) is 0 Å². The number of hydrogen-bond donors (Lipinski definition) is 5. The molecule has 1 heterocycles. The molecule has 0 aromatic heterocycles. The average molecular weight is 497 g/mol. The minimum atomic E-state index is -0.888. The van der Waals surface area contributed by atoms with Crippen molar-refractivity contribution in [1.29, 1.82) is 10.7 Å². The molecular weight excluding hydrogens is 464 g/mol. The maximum Gasteiger partial charge on any atom is 0.269 e. The number of likely N-dealkylation sites (N-methyl/N-ethyl adjacent to an activating group) is 1. The van der Waals surface area contributed by atoms with Crippen molar-refractivity contribution < 1.29 is 14.4 Å². The van der Waals surface area contributed by atoms with Crippen LogP contribution in [0.2, 0.25) is 0 Å². The second-order valence-electron chi connectivity index (χ2n) is 8.84. The monoisotopic (exact) mass is 496 g/mol. The lowest BCUT2D eigenvalue weighted by Crippen LogP contribution is -2.52. The molecule has 0 aromatic rings. The number of halogens is 1. The Kier molecular flexibility index (Phi) is 10.2. The molecule has 31 heavy (non-hydrogen) atoms. The molecule has 172 valence electrons. The van der Waals surface area contributed by atoms with Gasteiger partial charge in [0.2, 0.25) is 11.8 Å². The first-order chi connectivity index (χ1) is 14.4. The Morgan fingerprint density at radius 1 is 1.35 bits per heavy atom. The highest BCUT2D eigenvalue weighted by Crippen LogP contribution is 2.22. The maximum atomic E-state index is 13.0. The lowest BCUT2D eigenvalue weighted by Gasteiger charge is -2.28. The van der Waals surface area contributed by atoms with Gasteiger partial charge in [0, 0.05) is 24.7 Å². The summed E-state index contributed by atoms with van der Waals surface area (Å²) in [6.07, 6.45) is 1.20. The molecular formula is C21H33BrN6O3. The third-order valence-corrected chi connectivity index (χ3v) is 5.71. The van der Waals surface area contributed by atoms with Crippen LogP contribution in [-0.2, 0) is 14.4 Å². The minimum Gasteiger partial charge on any atom is -0.380 e. The van der Waals surface area contributed by atoms with Gasteiger partial charge in [-0.1, -0.05) is 20.8 Å². The Balaban J connectivity index is 3.01. The highest BCUT2D eigenvalue weighted by Gasteiger charge is 2.32. The van der Waals surface area contributed by atoms with Crippen LogP contribution >= 0.6 is 15.9 Å². The zero-order chi connectivity index (χ0) is 23.8. The zero-order valence-electron chi connectivity index (χ0n) is 18.8. The van der Waals surface area contributed by atoms with E-state index < -0.39 is 23.9 Å². The van der Waals surface area contributed by atoms with E-state index in [-0.39, 0.29) is 35.1 Å². The van der Waals surface area contributed by atoms with E-state index in [1.165, 1.54) is 0 Å². The molecule has 1 aliphatic rings. The molecule has 1 fully saturated rings. The molecule has 1 rings (SSSR count). The van der Waals surface area contributed by atoms with E-state index in [2.05, 4.69) is 37.2 Å². The minimum absolute atomic E-state index is 0.110. The van der Waals surface area contributed by atoms with Crippen LogP contribution in [-0.4, -0.2) is 48.6 Å². The Bertz CT molecular complexity index is 781. The van der Waals surface area contributed by atoms with E-state index in [1.54, 1.807) is 6.92 Å². The second-order valence-corrected chi connectivity index (χ2v) is 9.63. The SMILES string of the molecule is CCN/C(C(=O)N[C@@H](CC(C)(C)C)C(=O)N[C@H](C#N)C[C@@H]1CCNC1=O)=C(/Br)C(C)=N. The van der Waals surface area contributed by atoms with Crippen LogP contribution in [0.1, 0.15) is 53.9 Å². The van der Waals surface area contributed by atoms with Gasteiger partial charge in [-0.2, -0.15) is 5.26 Å². The molecule has 3 atom stereocenters. The van der Waals surface area contributed by atoms with Crippen molar-refractivity contribution in [2.75, 3.05) is 13.1 Å². The fraction of sp³-hybridized carbons (Fsp3) is 0.667. The van der Waals surface area contributed by atoms with Crippen molar-refractivity contribution >= 4 is 39.4 Å². The Morgan fingerprint density at radius 2 is 2.00 bits per heavy atom. The molecule has 3 amide bonds. The molecule has 9 nitrogen and oxygen atoms in total. The lowest BCUT2D eigenvalue weighted by atomic mass is 9.87. The van der Waals surface area contributed by atoms with Gasteiger partial charge < -0.3 is 26.7 Å². The molecule has 1 saturated heterocycles. The third-order valence-electron chi connectivity index (χ3n) is 4.72. The Morgan fingerprint density at radius 3 is 2.45 bits per heavy atom. The first-order valence-electron chi connectivity index (χ1n) is 10.4. The predicted octanol–water partition coefficient (Wildman–Crippen LogP) is 1.70. The van der Waals surface area contributed by atoms with Gasteiger partial charge in [-0.15, -0.1) is 0 Å². The number of hydrogen-bond acceptors (Lipinski definition) is 6. The largest absolute Gasteiger partial charge is 0.380 e. The van der Waals surface area contributed by atoms with Gasteiger partial charge in [-0.3, -0.25) is 14.4 Å². The van der Waals surface area contributed by atoms with E-state index in [9.17, 15) is 19.6 Å². The van der Waals surface area contributed by atoms with Crippen LogP contribution in [0.15, 0.2) is 10.2 Å². The third kappa shape index (κ3) is 8.69. The van der Waals surface area contributed by atoms with E-state index in [4.69, 9.17) is 5.41 Å². The van der Waals surface area contributed by atoms with Gasteiger partial charge in [-0.25, -0.2) is 0 Å². The Hall–Kier alpha value is -2.41. The highest BCUT2D eigenvalue weighted by atomic mass is 79.9. The second kappa shape index (κ2) is 11.8. The molecule has 0 radical (unpaired) electrons. The lowest BCUT2D eigenvalue weighted by molar-refractivity contribution is -0.129. The molecule has 0 saturated carbocycles. The summed E-state index contributed by atoms with van der Waals surface area (Å²) in [5, 5.41) is 28.3.